The van der Waals surface area contributed by atoms with E-state index in [0.29, 0.717) is 19.3 Å². The molecule has 0 fully saturated rings. The summed E-state index contributed by atoms with van der Waals surface area (Å²) in [7, 11) is 0. The molecule has 0 aromatic carbocycles. The van der Waals surface area contributed by atoms with Crippen LogP contribution in [0.4, 0.5) is 0 Å². The van der Waals surface area contributed by atoms with E-state index in [1.165, 1.54) is 180 Å². The molecule has 0 radical (unpaired) electrons. The van der Waals surface area contributed by atoms with E-state index in [1.54, 1.807) is 0 Å². The van der Waals surface area contributed by atoms with Crippen LogP contribution >= 0.6 is 0 Å². The van der Waals surface area contributed by atoms with Crippen LogP contribution in [0.15, 0.2) is 36.5 Å². The van der Waals surface area contributed by atoms with E-state index in [0.717, 1.165) is 77.0 Å². The van der Waals surface area contributed by atoms with Crippen LogP contribution in [0.5, 0.6) is 0 Å². The summed E-state index contributed by atoms with van der Waals surface area (Å²) in [5.74, 6) is -0.497. The molecule has 0 saturated heterocycles. The van der Waals surface area contributed by atoms with Crippen molar-refractivity contribution in [3.63, 3.8) is 0 Å². The number of nitrogens with one attached hydrogen (secondary N) is 1. The maximum Gasteiger partial charge on any atom is 0.306 e. The van der Waals surface area contributed by atoms with Crippen molar-refractivity contribution in [1.29, 1.82) is 0 Å². The number of unbranched alkanes of at least 4 members (excludes halogenated alkanes) is 35. The Hall–Kier alpha value is -1.92. The van der Waals surface area contributed by atoms with E-state index in [-0.39, 0.29) is 24.9 Å². The van der Waals surface area contributed by atoms with Crippen molar-refractivity contribution in [1.82, 2.24) is 5.32 Å². The maximum absolute atomic E-state index is 13.3. The minimum atomic E-state index is -0.795. The Morgan fingerprint density at radius 1 is 0.446 bits per heavy atom. The van der Waals surface area contributed by atoms with E-state index < -0.39 is 18.2 Å². The van der Waals surface area contributed by atoms with Gasteiger partial charge in [-0.15, -0.1) is 0 Å². The highest BCUT2D eigenvalue weighted by Crippen LogP contribution is 2.18. The van der Waals surface area contributed by atoms with Crippen LogP contribution in [0.25, 0.3) is 0 Å². The molecule has 0 aliphatic heterocycles. The molecule has 3 unspecified atom stereocenters. The molecular weight excluding hydrogens is 803 g/mol. The van der Waals surface area contributed by atoms with Crippen molar-refractivity contribution in [3.8, 4) is 0 Å². The van der Waals surface area contributed by atoms with Crippen molar-refractivity contribution in [2.45, 2.75) is 322 Å². The Balaban J connectivity index is 4.61. The van der Waals surface area contributed by atoms with Crippen molar-refractivity contribution >= 4 is 11.9 Å². The number of rotatable bonds is 52. The van der Waals surface area contributed by atoms with Gasteiger partial charge in [0.25, 0.3) is 0 Å². The summed E-state index contributed by atoms with van der Waals surface area (Å²) in [6.45, 7) is 6.50. The Bertz CT molecular complexity index is 1070. The van der Waals surface area contributed by atoms with Crippen molar-refractivity contribution < 1.29 is 24.5 Å². The minimum Gasteiger partial charge on any atom is -0.462 e. The topological polar surface area (TPSA) is 95.9 Å². The van der Waals surface area contributed by atoms with Gasteiger partial charge in [-0.25, -0.2) is 0 Å². The van der Waals surface area contributed by atoms with Gasteiger partial charge in [0.05, 0.1) is 25.2 Å². The third kappa shape index (κ3) is 48.3. The third-order valence-electron chi connectivity index (χ3n) is 13.2. The summed E-state index contributed by atoms with van der Waals surface area (Å²) in [4.78, 5) is 26.2. The second kappa shape index (κ2) is 53.0. The van der Waals surface area contributed by atoms with Gasteiger partial charge in [-0.3, -0.25) is 9.59 Å². The highest BCUT2D eigenvalue weighted by atomic mass is 16.5. The first-order valence-corrected chi connectivity index (χ1v) is 28.7. The Morgan fingerprint density at radius 3 is 1.20 bits per heavy atom. The molecular formula is C59H111NO5. The molecule has 6 heteroatoms. The number of carbonyl (C=O) groups excluding carboxylic acids is 2. The molecule has 0 bridgehead atoms. The van der Waals surface area contributed by atoms with Gasteiger partial charge in [-0.05, 0) is 77.0 Å². The van der Waals surface area contributed by atoms with Crippen molar-refractivity contribution in [3.05, 3.63) is 36.5 Å². The summed E-state index contributed by atoms with van der Waals surface area (Å²) < 4.78 is 5.95. The number of hydrogen-bond donors (Lipinski definition) is 3. The summed E-state index contributed by atoms with van der Waals surface area (Å²) in [6, 6.07) is -0.710. The molecule has 1 amide bonds. The van der Waals surface area contributed by atoms with Gasteiger partial charge in [0.15, 0.2) is 0 Å². The van der Waals surface area contributed by atoms with E-state index in [9.17, 15) is 19.8 Å². The van der Waals surface area contributed by atoms with E-state index >= 15 is 0 Å². The van der Waals surface area contributed by atoms with E-state index in [4.69, 9.17) is 4.74 Å². The van der Waals surface area contributed by atoms with Gasteiger partial charge < -0.3 is 20.3 Å². The second-order valence-corrected chi connectivity index (χ2v) is 19.7. The van der Waals surface area contributed by atoms with Crippen LogP contribution in [-0.2, 0) is 14.3 Å². The first-order valence-electron chi connectivity index (χ1n) is 28.7. The zero-order valence-electron chi connectivity index (χ0n) is 43.6. The van der Waals surface area contributed by atoms with E-state index in [2.05, 4.69) is 62.5 Å². The molecule has 0 aliphatic rings. The number of ether oxygens (including phenoxy) is 1. The van der Waals surface area contributed by atoms with Gasteiger partial charge >= 0.3 is 5.97 Å². The fourth-order valence-electron chi connectivity index (χ4n) is 8.83. The lowest BCUT2D eigenvalue weighted by atomic mass is 10.0. The summed E-state index contributed by atoms with van der Waals surface area (Å²) in [5, 5.41) is 23.9. The molecule has 0 aromatic rings. The molecule has 0 rings (SSSR count). The van der Waals surface area contributed by atoms with Gasteiger partial charge in [-0.1, -0.05) is 250 Å². The number of hydrogen-bond acceptors (Lipinski definition) is 5. The van der Waals surface area contributed by atoms with Crippen molar-refractivity contribution in [2.24, 2.45) is 0 Å². The number of carbonyl (C=O) groups is 2. The first-order chi connectivity index (χ1) is 32.0. The van der Waals surface area contributed by atoms with Crippen molar-refractivity contribution in [2.75, 3.05) is 6.61 Å². The molecule has 3 atom stereocenters. The van der Waals surface area contributed by atoms with Crippen LogP contribution in [0, 0.1) is 0 Å². The Labute approximate surface area is 404 Å². The summed E-state index contributed by atoms with van der Waals surface area (Å²) in [6.07, 6.45) is 63.5. The van der Waals surface area contributed by atoms with Gasteiger partial charge in [0, 0.05) is 6.42 Å². The first kappa shape index (κ1) is 63.1. The molecule has 0 spiro atoms. The molecule has 0 aliphatic carbocycles. The highest BCUT2D eigenvalue weighted by molar-refractivity contribution is 5.77. The monoisotopic (exact) mass is 914 g/mol. The largest absolute Gasteiger partial charge is 0.462 e. The Morgan fingerprint density at radius 2 is 0.785 bits per heavy atom. The number of allylic oxidation sites excluding steroid dienone is 6. The quantitative estimate of drug-likeness (QED) is 0.0244. The second-order valence-electron chi connectivity index (χ2n) is 19.7. The zero-order chi connectivity index (χ0) is 47.4. The summed E-state index contributed by atoms with van der Waals surface area (Å²) >= 11 is 0. The van der Waals surface area contributed by atoms with Crippen LogP contribution < -0.4 is 5.32 Å². The average Bonchev–Trinajstić information content (AvgIpc) is 3.30. The SMILES string of the molecule is CCCCCCCCC/C=C/C=C/CCCCCC(CC(=O)NC(CO)C(O)CCCCCCCCCCCCCCCC)OC(=O)CCCCCCC/C=C/CCCCCCCCC. The van der Waals surface area contributed by atoms with Crippen LogP contribution in [-0.4, -0.2) is 46.9 Å². The standard InChI is InChI=1S/C59H111NO5/c1-4-7-10-13-16-19-22-25-28-30-32-35-38-41-44-47-50-55(65-59(64)52-49-46-43-40-37-34-31-29-26-23-20-17-14-11-8-5-2)53-58(63)60-56(54-61)57(62)51-48-45-42-39-36-33-27-24-21-18-15-12-9-6-3/h28-32,35,55-57,61-62H,4-27,33-34,36-54H2,1-3H3,(H,60,63)/b30-28+,31-29+,35-32+. The van der Waals surface area contributed by atoms with Crippen LogP contribution in [0.2, 0.25) is 0 Å². The molecule has 6 nitrogen and oxygen atoms in total. The predicted molar refractivity (Wildman–Crippen MR) is 282 cm³/mol. The highest BCUT2D eigenvalue weighted by Gasteiger charge is 2.24. The minimum absolute atomic E-state index is 0.0593. The lowest BCUT2D eigenvalue weighted by molar-refractivity contribution is -0.151. The Kier molecular flexibility index (Phi) is 51.5. The molecule has 382 valence electrons. The molecule has 0 aromatic heterocycles. The normalized spacial score (nSPS) is 13.4. The van der Waals surface area contributed by atoms with Crippen LogP contribution in [0.1, 0.15) is 303 Å². The number of amides is 1. The number of esters is 1. The van der Waals surface area contributed by atoms with Gasteiger partial charge in [-0.2, -0.15) is 0 Å². The zero-order valence-corrected chi connectivity index (χ0v) is 43.6. The third-order valence-corrected chi connectivity index (χ3v) is 13.2. The average molecular weight is 915 g/mol. The number of aliphatic hydroxyl groups excluding tert-OH is 2. The predicted octanol–water partition coefficient (Wildman–Crippen LogP) is 17.6. The summed E-state index contributed by atoms with van der Waals surface area (Å²) in [5.41, 5.74) is 0. The van der Waals surface area contributed by atoms with Crippen LogP contribution in [0.3, 0.4) is 0 Å². The molecule has 0 heterocycles. The lowest BCUT2D eigenvalue weighted by Gasteiger charge is -2.24. The van der Waals surface area contributed by atoms with Gasteiger partial charge in [0.1, 0.15) is 6.10 Å². The number of aliphatic hydroxyl groups is 2. The molecule has 0 saturated carbocycles. The molecule has 3 N–H and O–H groups in total. The molecule has 65 heavy (non-hydrogen) atoms. The van der Waals surface area contributed by atoms with Gasteiger partial charge in [0.2, 0.25) is 5.91 Å². The smallest absolute Gasteiger partial charge is 0.306 e. The fourth-order valence-corrected chi connectivity index (χ4v) is 8.83. The van der Waals surface area contributed by atoms with E-state index in [1.807, 2.05) is 0 Å². The fraction of sp³-hybridized carbons (Fsp3) is 0.864. The maximum atomic E-state index is 13.3. The lowest BCUT2D eigenvalue weighted by Crippen LogP contribution is -2.46.